The average molecular weight is 251 g/mol. The molecule has 1 saturated heterocycles. The van der Waals surface area contributed by atoms with Crippen LogP contribution in [-0.2, 0) is 9.53 Å². The van der Waals surface area contributed by atoms with Gasteiger partial charge in [0.05, 0.1) is 12.1 Å². The van der Waals surface area contributed by atoms with Crippen LogP contribution in [0.2, 0.25) is 0 Å². The molecule has 1 aliphatic rings. The van der Waals surface area contributed by atoms with E-state index in [0.29, 0.717) is 0 Å². The third kappa shape index (κ3) is 3.61. The van der Waals surface area contributed by atoms with Crippen molar-refractivity contribution in [1.29, 1.82) is 0 Å². The van der Waals surface area contributed by atoms with Crippen LogP contribution in [0.3, 0.4) is 0 Å². The Bertz CT molecular complexity index is 234. The van der Waals surface area contributed by atoms with Gasteiger partial charge in [0, 0.05) is 25.6 Å². The standard InChI is InChI=1S/C11H22N2O2.ClH/c1-5-11(2,3)10(14)13-8-6-12-7-9(8)15-4;/h8-9,12H,5-7H2,1-4H3,(H,13,14);1H/t8?,9-;/m0./s1. The highest BCUT2D eigenvalue weighted by Gasteiger charge is 2.32. The third-order valence-electron chi connectivity index (χ3n) is 3.28. The van der Waals surface area contributed by atoms with E-state index in [1.165, 1.54) is 0 Å². The topological polar surface area (TPSA) is 50.4 Å². The zero-order valence-electron chi connectivity index (χ0n) is 10.5. The smallest absolute Gasteiger partial charge is 0.225 e. The van der Waals surface area contributed by atoms with Crippen molar-refractivity contribution in [1.82, 2.24) is 10.6 Å². The second-order valence-electron chi connectivity index (χ2n) is 4.75. The summed E-state index contributed by atoms with van der Waals surface area (Å²) >= 11 is 0. The minimum Gasteiger partial charge on any atom is -0.378 e. The number of hydrogen-bond donors (Lipinski definition) is 2. The van der Waals surface area contributed by atoms with E-state index in [2.05, 4.69) is 10.6 Å². The van der Waals surface area contributed by atoms with E-state index >= 15 is 0 Å². The number of carbonyl (C=O) groups is 1. The lowest BCUT2D eigenvalue weighted by molar-refractivity contribution is -0.130. The van der Waals surface area contributed by atoms with Crippen LogP contribution in [0.4, 0.5) is 0 Å². The van der Waals surface area contributed by atoms with Crippen LogP contribution in [0.1, 0.15) is 27.2 Å². The fourth-order valence-corrected chi connectivity index (χ4v) is 1.57. The Morgan fingerprint density at radius 1 is 1.50 bits per heavy atom. The summed E-state index contributed by atoms with van der Waals surface area (Å²) in [5.74, 6) is 0.112. The molecular weight excluding hydrogens is 228 g/mol. The number of methoxy groups -OCH3 is 1. The lowest BCUT2D eigenvalue weighted by atomic mass is 9.89. The summed E-state index contributed by atoms with van der Waals surface area (Å²) < 4.78 is 5.29. The monoisotopic (exact) mass is 250 g/mol. The lowest BCUT2D eigenvalue weighted by Crippen LogP contribution is -2.48. The van der Waals surface area contributed by atoms with Gasteiger partial charge in [0.15, 0.2) is 0 Å². The van der Waals surface area contributed by atoms with Crippen molar-refractivity contribution in [3.8, 4) is 0 Å². The van der Waals surface area contributed by atoms with Gasteiger partial charge >= 0.3 is 0 Å². The molecule has 0 aromatic rings. The van der Waals surface area contributed by atoms with E-state index in [1.807, 2.05) is 20.8 Å². The van der Waals surface area contributed by atoms with Gasteiger partial charge in [-0.2, -0.15) is 0 Å². The summed E-state index contributed by atoms with van der Waals surface area (Å²) in [6.07, 6.45) is 0.943. The number of nitrogens with one attached hydrogen (secondary N) is 2. The molecule has 0 aliphatic carbocycles. The van der Waals surface area contributed by atoms with Crippen LogP contribution in [0.15, 0.2) is 0 Å². The first-order chi connectivity index (χ1) is 7.01. The second-order valence-corrected chi connectivity index (χ2v) is 4.75. The van der Waals surface area contributed by atoms with Crippen LogP contribution in [-0.4, -0.2) is 38.3 Å². The molecule has 5 heteroatoms. The number of hydrogen-bond acceptors (Lipinski definition) is 3. The molecule has 1 amide bonds. The molecule has 2 atom stereocenters. The largest absolute Gasteiger partial charge is 0.378 e. The molecule has 1 heterocycles. The molecule has 0 saturated carbocycles. The van der Waals surface area contributed by atoms with Crippen molar-refractivity contribution >= 4 is 18.3 Å². The van der Waals surface area contributed by atoms with Crippen LogP contribution in [0.5, 0.6) is 0 Å². The first-order valence-electron chi connectivity index (χ1n) is 5.55. The molecule has 1 aliphatic heterocycles. The Kier molecular flexibility index (Phi) is 6.30. The highest BCUT2D eigenvalue weighted by Crippen LogP contribution is 2.20. The van der Waals surface area contributed by atoms with E-state index < -0.39 is 0 Å². The predicted molar refractivity (Wildman–Crippen MR) is 66.9 cm³/mol. The highest BCUT2D eigenvalue weighted by molar-refractivity contribution is 5.85. The van der Waals surface area contributed by atoms with Crippen LogP contribution >= 0.6 is 12.4 Å². The fourth-order valence-electron chi connectivity index (χ4n) is 1.57. The molecule has 16 heavy (non-hydrogen) atoms. The number of carbonyl (C=O) groups excluding carboxylic acids is 1. The SMILES string of the molecule is CCC(C)(C)C(=O)NC1CNC[C@@H]1OC.Cl. The quantitative estimate of drug-likeness (QED) is 0.781. The van der Waals surface area contributed by atoms with Gasteiger partial charge < -0.3 is 15.4 Å². The summed E-state index contributed by atoms with van der Waals surface area (Å²) in [7, 11) is 1.68. The first-order valence-corrected chi connectivity index (χ1v) is 5.55. The molecule has 0 spiro atoms. The molecule has 1 rings (SSSR count). The van der Waals surface area contributed by atoms with Crippen molar-refractivity contribution in [2.75, 3.05) is 20.2 Å². The van der Waals surface area contributed by atoms with E-state index in [0.717, 1.165) is 19.5 Å². The van der Waals surface area contributed by atoms with Gasteiger partial charge in [-0.05, 0) is 6.42 Å². The summed E-state index contributed by atoms with van der Waals surface area (Å²) in [4.78, 5) is 11.9. The lowest BCUT2D eigenvalue weighted by Gasteiger charge is -2.26. The molecule has 0 bridgehead atoms. The maximum absolute atomic E-state index is 11.9. The third-order valence-corrected chi connectivity index (χ3v) is 3.28. The van der Waals surface area contributed by atoms with Gasteiger partial charge in [-0.25, -0.2) is 0 Å². The van der Waals surface area contributed by atoms with E-state index in [1.54, 1.807) is 7.11 Å². The maximum atomic E-state index is 11.9. The van der Waals surface area contributed by atoms with E-state index in [9.17, 15) is 4.79 Å². The minimum absolute atomic E-state index is 0. The summed E-state index contributed by atoms with van der Waals surface area (Å²) in [6, 6.07) is 0.105. The van der Waals surface area contributed by atoms with Gasteiger partial charge in [0.25, 0.3) is 0 Å². The fraction of sp³-hybridized carbons (Fsp3) is 0.909. The van der Waals surface area contributed by atoms with Gasteiger partial charge in [-0.3, -0.25) is 4.79 Å². The molecule has 0 radical (unpaired) electrons. The van der Waals surface area contributed by atoms with Crippen LogP contribution in [0, 0.1) is 5.41 Å². The number of amides is 1. The van der Waals surface area contributed by atoms with Gasteiger partial charge in [0.1, 0.15) is 0 Å². The number of ether oxygens (including phenoxy) is 1. The second kappa shape index (κ2) is 6.42. The van der Waals surface area contributed by atoms with E-state index in [-0.39, 0.29) is 35.9 Å². The Hall–Kier alpha value is -0.320. The number of rotatable bonds is 4. The molecule has 96 valence electrons. The average Bonchev–Trinajstić information content (AvgIpc) is 2.65. The molecule has 0 aromatic heterocycles. The van der Waals surface area contributed by atoms with Gasteiger partial charge in [-0.1, -0.05) is 20.8 Å². The summed E-state index contributed by atoms with van der Waals surface area (Å²) in [5, 5.41) is 6.25. The Balaban J connectivity index is 0.00000225. The number of halogens is 1. The first kappa shape index (κ1) is 15.7. The predicted octanol–water partition coefficient (Wildman–Crippen LogP) is 0.947. The van der Waals surface area contributed by atoms with E-state index in [4.69, 9.17) is 4.74 Å². The zero-order valence-corrected chi connectivity index (χ0v) is 11.3. The molecule has 4 nitrogen and oxygen atoms in total. The zero-order chi connectivity index (χ0) is 11.5. The van der Waals surface area contributed by atoms with Crippen molar-refractivity contribution in [2.45, 2.75) is 39.3 Å². The van der Waals surface area contributed by atoms with Crippen molar-refractivity contribution in [3.05, 3.63) is 0 Å². The highest BCUT2D eigenvalue weighted by atomic mass is 35.5. The van der Waals surface area contributed by atoms with Crippen molar-refractivity contribution in [2.24, 2.45) is 5.41 Å². The molecule has 0 aromatic carbocycles. The Labute approximate surface area is 104 Å². The van der Waals surface area contributed by atoms with Gasteiger partial charge in [-0.15, -0.1) is 12.4 Å². The molecule has 1 unspecified atom stereocenters. The molecule has 1 fully saturated rings. The Morgan fingerprint density at radius 3 is 2.62 bits per heavy atom. The van der Waals surface area contributed by atoms with Crippen LogP contribution < -0.4 is 10.6 Å². The normalized spacial score (nSPS) is 25.0. The minimum atomic E-state index is -0.291. The molecule has 2 N–H and O–H groups in total. The molecular formula is C11H23ClN2O2. The Morgan fingerprint density at radius 2 is 2.12 bits per heavy atom. The van der Waals surface area contributed by atoms with Crippen molar-refractivity contribution < 1.29 is 9.53 Å². The summed E-state index contributed by atoms with van der Waals surface area (Å²) in [6.45, 7) is 7.57. The summed E-state index contributed by atoms with van der Waals surface area (Å²) in [5.41, 5.74) is -0.291. The van der Waals surface area contributed by atoms with Gasteiger partial charge in [0.2, 0.25) is 5.91 Å². The maximum Gasteiger partial charge on any atom is 0.225 e. The van der Waals surface area contributed by atoms with Crippen molar-refractivity contribution in [3.63, 3.8) is 0 Å². The van der Waals surface area contributed by atoms with Crippen LogP contribution in [0.25, 0.3) is 0 Å².